The molecule has 19 heavy (non-hydrogen) atoms. The van der Waals surface area contributed by atoms with Crippen molar-refractivity contribution in [2.24, 2.45) is 0 Å². The van der Waals surface area contributed by atoms with Gasteiger partial charge in [0, 0.05) is 20.1 Å². The van der Waals surface area contributed by atoms with Crippen LogP contribution in [0.15, 0.2) is 0 Å². The fourth-order valence-corrected chi connectivity index (χ4v) is 2.12. The van der Waals surface area contributed by atoms with Crippen LogP contribution in [0.2, 0.25) is 0 Å². The Hall–Kier alpha value is -1.30. The van der Waals surface area contributed by atoms with Crippen molar-refractivity contribution in [2.75, 3.05) is 26.7 Å². The van der Waals surface area contributed by atoms with E-state index in [2.05, 4.69) is 5.32 Å². The van der Waals surface area contributed by atoms with Crippen molar-refractivity contribution < 1.29 is 19.4 Å². The average molecular weight is 272 g/mol. The highest BCUT2D eigenvalue weighted by molar-refractivity contribution is 5.74. The Bertz CT molecular complexity index is 290. The monoisotopic (exact) mass is 272 g/mol. The number of carbonyl (C=O) groups is 2. The topological polar surface area (TPSA) is 78.9 Å². The summed E-state index contributed by atoms with van der Waals surface area (Å²) in [6, 6.07) is -0.256. The van der Waals surface area contributed by atoms with Gasteiger partial charge in [0.25, 0.3) is 0 Å². The van der Waals surface area contributed by atoms with Crippen LogP contribution in [0.4, 0.5) is 4.79 Å². The molecule has 1 rings (SSSR count). The van der Waals surface area contributed by atoms with Crippen molar-refractivity contribution in [3.8, 4) is 0 Å². The first-order chi connectivity index (χ1) is 9.09. The second-order valence-corrected chi connectivity index (χ2v) is 4.93. The van der Waals surface area contributed by atoms with Crippen molar-refractivity contribution in [1.29, 1.82) is 0 Å². The van der Waals surface area contributed by atoms with Crippen molar-refractivity contribution in [2.45, 2.75) is 44.6 Å². The summed E-state index contributed by atoms with van der Waals surface area (Å²) in [6.45, 7) is 1.20. The van der Waals surface area contributed by atoms with Gasteiger partial charge in [0.2, 0.25) is 0 Å². The van der Waals surface area contributed by atoms with Gasteiger partial charge in [-0.05, 0) is 12.8 Å². The molecule has 0 spiro atoms. The molecule has 0 aromatic rings. The van der Waals surface area contributed by atoms with Crippen LogP contribution >= 0.6 is 0 Å². The van der Waals surface area contributed by atoms with Crippen LogP contribution in [0.25, 0.3) is 0 Å². The van der Waals surface area contributed by atoms with Crippen molar-refractivity contribution in [3.05, 3.63) is 0 Å². The molecule has 1 saturated carbocycles. The van der Waals surface area contributed by atoms with Crippen LogP contribution in [0, 0.1) is 0 Å². The maximum absolute atomic E-state index is 11.6. The first kappa shape index (κ1) is 15.8. The minimum atomic E-state index is -0.903. The first-order valence-corrected chi connectivity index (χ1v) is 6.92. The molecule has 0 radical (unpaired) electrons. The van der Waals surface area contributed by atoms with Gasteiger partial charge in [-0.1, -0.05) is 19.3 Å². The van der Waals surface area contributed by atoms with Gasteiger partial charge in [-0.3, -0.25) is 4.79 Å². The van der Waals surface area contributed by atoms with E-state index in [0.29, 0.717) is 19.3 Å². The molecule has 2 N–H and O–H groups in total. The Morgan fingerprint density at radius 1 is 1.32 bits per heavy atom. The molecular formula is C13H24N2O4. The van der Waals surface area contributed by atoms with Gasteiger partial charge in [-0.2, -0.15) is 0 Å². The molecule has 1 fully saturated rings. The third-order valence-electron chi connectivity index (χ3n) is 3.29. The normalized spacial score (nSPS) is 16.1. The molecule has 0 saturated heterocycles. The molecule has 0 atom stereocenters. The lowest BCUT2D eigenvalue weighted by atomic mass is 9.98. The zero-order valence-corrected chi connectivity index (χ0v) is 11.6. The van der Waals surface area contributed by atoms with Crippen LogP contribution in [0.3, 0.4) is 0 Å². The number of ether oxygens (including phenoxy) is 1. The number of hydrogen-bond donors (Lipinski definition) is 2. The number of nitrogens with one attached hydrogen (secondary N) is 1. The number of aliphatic carboxylic acids is 1. The molecule has 0 heterocycles. The summed E-state index contributed by atoms with van der Waals surface area (Å²) in [5.74, 6) is -0.903. The minimum absolute atomic E-state index is 0.0392. The minimum Gasteiger partial charge on any atom is -0.481 e. The second kappa shape index (κ2) is 8.74. The highest BCUT2D eigenvalue weighted by Crippen LogP contribution is 2.19. The summed E-state index contributed by atoms with van der Waals surface area (Å²) < 4.78 is 5.68. The van der Waals surface area contributed by atoms with Gasteiger partial charge >= 0.3 is 12.0 Å². The molecule has 0 aromatic carbocycles. The Labute approximate surface area is 114 Å². The molecule has 110 valence electrons. The summed E-state index contributed by atoms with van der Waals surface area (Å²) in [7, 11) is 1.58. The van der Waals surface area contributed by atoms with Crippen LogP contribution < -0.4 is 5.32 Å². The van der Waals surface area contributed by atoms with Gasteiger partial charge in [-0.25, -0.2) is 4.79 Å². The number of nitrogens with zero attached hydrogens (tertiary/aromatic N) is 1. The lowest BCUT2D eigenvalue weighted by molar-refractivity contribution is -0.137. The number of urea groups is 1. The number of carboxylic acid groups (broad SMARTS) is 1. The third-order valence-corrected chi connectivity index (χ3v) is 3.29. The average Bonchev–Trinajstić information content (AvgIpc) is 2.41. The van der Waals surface area contributed by atoms with Gasteiger partial charge in [0.05, 0.1) is 19.1 Å². The highest BCUT2D eigenvalue weighted by atomic mass is 16.5. The van der Waals surface area contributed by atoms with E-state index in [1.165, 1.54) is 24.2 Å². The van der Waals surface area contributed by atoms with E-state index < -0.39 is 5.97 Å². The van der Waals surface area contributed by atoms with Crippen molar-refractivity contribution in [3.63, 3.8) is 0 Å². The molecule has 0 unspecified atom stereocenters. The van der Waals surface area contributed by atoms with E-state index in [1.54, 1.807) is 7.05 Å². The predicted molar refractivity (Wildman–Crippen MR) is 71.1 cm³/mol. The Morgan fingerprint density at radius 3 is 2.63 bits per heavy atom. The van der Waals surface area contributed by atoms with E-state index >= 15 is 0 Å². The predicted octanol–water partition coefficient (Wildman–Crippen LogP) is 1.45. The van der Waals surface area contributed by atoms with Gasteiger partial charge in [0.15, 0.2) is 0 Å². The first-order valence-electron chi connectivity index (χ1n) is 6.92. The standard InChI is InChI=1S/C13H24N2O4/c1-15(9-7-12(16)17)13(18)14-8-10-19-11-5-3-2-4-6-11/h11H,2-10H2,1H3,(H,14,18)(H,16,17). The molecular weight excluding hydrogens is 248 g/mol. The zero-order chi connectivity index (χ0) is 14.1. The summed E-state index contributed by atoms with van der Waals surface area (Å²) in [5, 5.41) is 11.2. The Morgan fingerprint density at radius 2 is 2.00 bits per heavy atom. The lowest BCUT2D eigenvalue weighted by Crippen LogP contribution is -2.40. The molecule has 0 aliphatic heterocycles. The van der Waals surface area contributed by atoms with Crippen LogP contribution in [0.5, 0.6) is 0 Å². The van der Waals surface area contributed by atoms with E-state index in [1.807, 2.05) is 0 Å². The highest BCUT2D eigenvalue weighted by Gasteiger charge is 2.14. The maximum atomic E-state index is 11.6. The molecule has 6 nitrogen and oxygen atoms in total. The molecule has 6 heteroatoms. The fourth-order valence-electron chi connectivity index (χ4n) is 2.12. The van der Waals surface area contributed by atoms with Crippen LogP contribution in [-0.2, 0) is 9.53 Å². The maximum Gasteiger partial charge on any atom is 0.317 e. The molecule has 2 amide bonds. The van der Waals surface area contributed by atoms with E-state index in [9.17, 15) is 9.59 Å². The second-order valence-electron chi connectivity index (χ2n) is 4.93. The molecule has 1 aliphatic rings. The number of carbonyl (C=O) groups excluding carboxylic acids is 1. The summed E-state index contributed by atoms with van der Waals surface area (Å²) >= 11 is 0. The summed E-state index contributed by atoms with van der Waals surface area (Å²) in [5.41, 5.74) is 0. The Kier molecular flexibility index (Phi) is 7.25. The molecule has 0 aromatic heterocycles. The van der Waals surface area contributed by atoms with Gasteiger partial charge < -0.3 is 20.1 Å². The smallest absolute Gasteiger partial charge is 0.317 e. The number of rotatable bonds is 7. The molecule has 1 aliphatic carbocycles. The quantitative estimate of drug-likeness (QED) is 0.688. The largest absolute Gasteiger partial charge is 0.481 e. The number of carboxylic acids is 1. The van der Waals surface area contributed by atoms with E-state index in [-0.39, 0.29) is 19.0 Å². The van der Waals surface area contributed by atoms with Gasteiger partial charge in [0.1, 0.15) is 0 Å². The van der Waals surface area contributed by atoms with Crippen LogP contribution in [-0.4, -0.2) is 54.9 Å². The van der Waals surface area contributed by atoms with E-state index in [0.717, 1.165) is 12.8 Å². The summed E-state index contributed by atoms with van der Waals surface area (Å²) in [6.07, 6.45) is 6.30. The van der Waals surface area contributed by atoms with Crippen molar-refractivity contribution in [1.82, 2.24) is 10.2 Å². The lowest BCUT2D eigenvalue weighted by Gasteiger charge is -2.22. The van der Waals surface area contributed by atoms with Crippen molar-refractivity contribution >= 4 is 12.0 Å². The third kappa shape index (κ3) is 7.00. The Balaban J connectivity index is 2.04. The zero-order valence-electron chi connectivity index (χ0n) is 11.6. The summed E-state index contributed by atoms with van der Waals surface area (Å²) in [4.78, 5) is 23.3. The fraction of sp³-hybridized carbons (Fsp3) is 0.846. The molecule has 0 bridgehead atoms. The van der Waals surface area contributed by atoms with Gasteiger partial charge in [-0.15, -0.1) is 0 Å². The number of amides is 2. The SMILES string of the molecule is CN(CCC(=O)O)C(=O)NCCOC1CCCCC1. The van der Waals surface area contributed by atoms with E-state index in [4.69, 9.17) is 9.84 Å². The van der Waals surface area contributed by atoms with Crippen LogP contribution in [0.1, 0.15) is 38.5 Å². The number of hydrogen-bond acceptors (Lipinski definition) is 3.